The van der Waals surface area contributed by atoms with Gasteiger partial charge >= 0.3 is 0 Å². The Kier molecular flexibility index (Phi) is 66.2. The third-order valence-corrected chi connectivity index (χ3v) is 16.3. The standard InChI is InChI=1S/C72H137NO3/c1-3-5-7-9-11-13-15-17-19-21-23-25-27-29-31-32-33-34-35-36-37-38-39-40-42-44-46-48-50-52-54-56-58-60-62-64-66-68-72(76)73-70(69-74)71(75)67-65-63-61-59-57-55-53-51-49-47-45-43-41-30-28-26-24-22-20-18-16-14-12-10-8-6-4-2/h15,17,21,23,27,29,65,67,70-71,74-75H,3-14,16,18-20,22,24-26,28,30-64,66,68-69H2,1-2H3,(H,73,76)/b17-15-,23-21-,29-27-,67-65+. The van der Waals surface area contributed by atoms with Crippen molar-refractivity contribution in [3.8, 4) is 0 Å². The smallest absolute Gasteiger partial charge is 0.220 e. The quantitative estimate of drug-likeness (QED) is 0.0420. The van der Waals surface area contributed by atoms with Gasteiger partial charge in [0.25, 0.3) is 0 Å². The highest BCUT2D eigenvalue weighted by Crippen LogP contribution is 2.19. The molecular weight excluding hydrogens is 927 g/mol. The first-order valence-electron chi connectivity index (χ1n) is 34.9. The van der Waals surface area contributed by atoms with Crippen molar-refractivity contribution < 1.29 is 15.0 Å². The average Bonchev–Trinajstić information content (AvgIpc) is 3.42. The van der Waals surface area contributed by atoms with E-state index in [-0.39, 0.29) is 12.5 Å². The van der Waals surface area contributed by atoms with Gasteiger partial charge in [-0.2, -0.15) is 0 Å². The van der Waals surface area contributed by atoms with Crippen LogP contribution in [0.3, 0.4) is 0 Å². The van der Waals surface area contributed by atoms with E-state index < -0.39 is 12.1 Å². The summed E-state index contributed by atoms with van der Waals surface area (Å²) in [5.74, 6) is -0.0563. The van der Waals surface area contributed by atoms with Crippen LogP contribution in [0.15, 0.2) is 48.6 Å². The Morgan fingerprint density at radius 2 is 0.539 bits per heavy atom. The minimum atomic E-state index is -0.840. The molecule has 0 aromatic carbocycles. The van der Waals surface area contributed by atoms with E-state index in [2.05, 4.69) is 55.6 Å². The molecule has 0 aromatic rings. The molecule has 2 atom stereocenters. The summed E-state index contributed by atoms with van der Waals surface area (Å²) in [5.41, 5.74) is 0. The molecule has 3 N–H and O–H groups in total. The number of nitrogens with one attached hydrogen (secondary N) is 1. The number of rotatable bonds is 65. The van der Waals surface area contributed by atoms with Gasteiger partial charge in [-0.05, 0) is 57.8 Å². The van der Waals surface area contributed by atoms with E-state index in [0.29, 0.717) is 6.42 Å². The van der Waals surface area contributed by atoms with E-state index in [9.17, 15) is 15.0 Å². The molecule has 0 heterocycles. The van der Waals surface area contributed by atoms with Crippen molar-refractivity contribution in [2.75, 3.05) is 6.61 Å². The average molecular weight is 1060 g/mol. The molecule has 4 heteroatoms. The molecule has 0 radical (unpaired) electrons. The normalized spacial score (nSPS) is 12.9. The summed E-state index contributed by atoms with van der Waals surface area (Å²) < 4.78 is 0. The van der Waals surface area contributed by atoms with Crippen molar-refractivity contribution in [2.24, 2.45) is 0 Å². The molecule has 0 saturated carbocycles. The first-order chi connectivity index (χ1) is 37.7. The van der Waals surface area contributed by atoms with Crippen molar-refractivity contribution >= 4 is 5.91 Å². The Morgan fingerprint density at radius 1 is 0.316 bits per heavy atom. The van der Waals surface area contributed by atoms with Crippen molar-refractivity contribution in [3.63, 3.8) is 0 Å². The van der Waals surface area contributed by atoms with Crippen molar-refractivity contribution in [2.45, 2.75) is 398 Å². The number of allylic oxidation sites excluding steroid dienone is 7. The molecule has 1 amide bonds. The molecule has 4 nitrogen and oxygen atoms in total. The summed E-state index contributed by atoms with van der Waals surface area (Å²) in [5, 5.41) is 23.3. The van der Waals surface area contributed by atoms with E-state index in [1.54, 1.807) is 6.08 Å². The maximum absolute atomic E-state index is 12.5. The number of unbranched alkanes of at least 4 members (excludes halogenated alkanes) is 52. The fourth-order valence-electron chi connectivity index (χ4n) is 11.0. The van der Waals surface area contributed by atoms with Crippen LogP contribution in [0.1, 0.15) is 386 Å². The third-order valence-electron chi connectivity index (χ3n) is 16.3. The van der Waals surface area contributed by atoms with E-state index in [0.717, 1.165) is 38.5 Å². The van der Waals surface area contributed by atoms with Gasteiger partial charge in [-0.25, -0.2) is 0 Å². The fourth-order valence-corrected chi connectivity index (χ4v) is 11.0. The van der Waals surface area contributed by atoms with Crippen LogP contribution in [-0.4, -0.2) is 34.9 Å². The number of carbonyl (C=O) groups is 1. The largest absolute Gasteiger partial charge is 0.394 e. The van der Waals surface area contributed by atoms with Crippen LogP contribution in [0.25, 0.3) is 0 Å². The number of hydrogen-bond donors (Lipinski definition) is 3. The zero-order chi connectivity index (χ0) is 54.8. The monoisotopic (exact) mass is 1060 g/mol. The summed E-state index contributed by atoms with van der Waals surface area (Å²) >= 11 is 0. The van der Waals surface area contributed by atoms with Crippen molar-refractivity contribution in [1.82, 2.24) is 5.32 Å². The maximum Gasteiger partial charge on any atom is 0.220 e. The first-order valence-corrected chi connectivity index (χ1v) is 34.9. The molecule has 448 valence electrons. The van der Waals surface area contributed by atoms with Crippen LogP contribution in [-0.2, 0) is 4.79 Å². The fraction of sp³-hybridized carbons (Fsp3) is 0.875. The van der Waals surface area contributed by atoms with Gasteiger partial charge in [-0.1, -0.05) is 371 Å². The number of carbonyl (C=O) groups excluding carboxylic acids is 1. The Morgan fingerprint density at radius 3 is 0.803 bits per heavy atom. The Bertz CT molecular complexity index is 1210. The minimum Gasteiger partial charge on any atom is -0.394 e. The summed E-state index contributed by atoms with van der Waals surface area (Å²) in [6.45, 7) is 4.34. The molecule has 0 saturated heterocycles. The summed E-state index contributed by atoms with van der Waals surface area (Å²) in [6, 6.07) is -0.623. The van der Waals surface area contributed by atoms with Crippen LogP contribution < -0.4 is 5.32 Å². The minimum absolute atomic E-state index is 0.0563. The summed E-state index contributed by atoms with van der Waals surface area (Å²) in [7, 11) is 0. The lowest BCUT2D eigenvalue weighted by atomic mass is 10.0. The Hall–Kier alpha value is -1.65. The maximum atomic E-state index is 12.5. The predicted octanol–water partition coefficient (Wildman–Crippen LogP) is 23.7. The number of hydrogen-bond acceptors (Lipinski definition) is 3. The Balaban J connectivity index is 3.42. The van der Waals surface area contributed by atoms with Crippen LogP contribution in [0.2, 0.25) is 0 Å². The van der Waals surface area contributed by atoms with Crippen LogP contribution in [0.4, 0.5) is 0 Å². The molecule has 0 aliphatic rings. The van der Waals surface area contributed by atoms with Gasteiger partial charge in [0.15, 0.2) is 0 Å². The molecule has 0 aliphatic carbocycles. The predicted molar refractivity (Wildman–Crippen MR) is 341 cm³/mol. The van der Waals surface area contributed by atoms with Crippen molar-refractivity contribution in [3.05, 3.63) is 48.6 Å². The van der Waals surface area contributed by atoms with Crippen LogP contribution >= 0.6 is 0 Å². The highest BCUT2D eigenvalue weighted by molar-refractivity contribution is 5.76. The summed E-state index contributed by atoms with van der Waals surface area (Å²) in [4.78, 5) is 12.5. The topological polar surface area (TPSA) is 69.6 Å². The van der Waals surface area contributed by atoms with E-state index in [1.807, 2.05) is 6.08 Å². The van der Waals surface area contributed by atoms with Gasteiger partial charge < -0.3 is 15.5 Å². The molecule has 0 fully saturated rings. The molecule has 0 aliphatic heterocycles. The molecule has 2 unspecified atom stereocenters. The SMILES string of the molecule is CCCCCCC/C=C\C/C=C\C/C=C\CCCCCCCCCCCCCCCCCCCCCCCCC(=O)NC(CO)C(O)/C=C/CCCCCCCCCCCCCCCCCCCCCCCCCCC. The highest BCUT2D eigenvalue weighted by Gasteiger charge is 2.18. The zero-order valence-electron chi connectivity index (χ0n) is 51.8. The molecular formula is C72H137NO3. The van der Waals surface area contributed by atoms with Crippen LogP contribution in [0.5, 0.6) is 0 Å². The lowest BCUT2D eigenvalue weighted by molar-refractivity contribution is -0.123. The van der Waals surface area contributed by atoms with Gasteiger partial charge in [-0.15, -0.1) is 0 Å². The molecule has 0 rings (SSSR count). The Labute approximate surface area is 477 Å². The second-order valence-corrected chi connectivity index (χ2v) is 24.0. The van der Waals surface area contributed by atoms with E-state index in [4.69, 9.17) is 0 Å². The molecule has 0 spiro atoms. The first kappa shape index (κ1) is 74.3. The lowest BCUT2D eigenvalue weighted by Gasteiger charge is -2.20. The number of aliphatic hydroxyl groups excluding tert-OH is 2. The summed E-state index contributed by atoms with van der Waals surface area (Å²) in [6.07, 6.45) is 94.8. The molecule has 0 bridgehead atoms. The van der Waals surface area contributed by atoms with E-state index in [1.165, 1.54) is 327 Å². The molecule has 76 heavy (non-hydrogen) atoms. The lowest BCUT2D eigenvalue weighted by Crippen LogP contribution is -2.45. The second-order valence-electron chi connectivity index (χ2n) is 24.0. The van der Waals surface area contributed by atoms with Gasteiger partial charge in [0, 0.05) is 6.42 Å². The van der Waals surface area contributed by atoms with Gasteiger partial charge in [0.2, 0.25) is 5.91 Å². The van der Waals surface area contributed by atoms with Gasteiger partial charge in [0.05, 0.1) is 18.8 Å². The zero-order valence-corrected chi connectivity index (χ0v) is 51.8. The molecule has 0 aromatic heterocycles. The number of aliphatic hydroxyl groups is 2. The second kappa shape index (κ2) is 67.6. The number of amides is 1. The van der Waals surface area contributed by atoms with E-state index >= 15 is 0 Å². The highest BCUT2D eigenvalue weighted by atomic mass is 16.3. The van der Waals surface area contributed by atoms with Gasteiger partial charge in [-0.3, -0.25) is 4.79 Å². The van der Waals surface area contributed by atoms with Crippen LogP contribution in [0, 0.1) is 0 Å². The van der Waals surface area contributed by atoms with Crippen molar-refractivity contribution in [1.29, 1.82) is 0 Å². The third kappa shape index (κ3) is 63.2. The van der Waals surface area contributed by atoms with Gasteiger partial charge in [0.1, 0.15) is 0 Å².